The number of methoxy groups -OCH3 is 1. The molecule has 0 aliphatic carbocycles. The van der Waals surface area contributed by atoms with Crippen molar-refractivity contribution in [3.05, 3.63) is 66.1 Å². The van der Waals surface area contributed by atoms with Crippen molar-refractivity contribution in [1.82, 2.24) is 14.7 Å². The largest absolute Gasteiger partial charge is 0.497 e. The molecular formula is C24H28FN3O2. The van der Waals surface area contributed by atoms with Gasteiger partial charge in [-0.1, -0.05) is 24.6 Å². The lowest BCUT2D eigenvalue weighted by atomic mass is 9.98. The molecule has 1 aliphatic rings. The van der Waals surface area contributed by atoms with Crippen LogP contribution in [-0.4, -0.2) is 46.1 Å². The highest BCUT2D eigenvalue weighted by Crippen LogP contribution is 2.31. The molecule has 5 nitrogen and oxygen atoms in total. The Labute approximate surface area is 176 Å². The minimum absolute atomic E-state index is 0.185. The van der Waals surface area contributed by atoms with E-state index in [0.29, 0.717) is 29.6 Å². The second kappa shape index (κ2) is 9.41. The Bertz CT molecular complexity index is 972. The van der Waals surface area contributed by atoms with Crippen LogP contribution in [0.5, 0.6) is 5.75 Å². The minimum Gasteiger partial charge on any atom is -0.497 e. The number of para-hydroxylation sites is 1. The molecule has 1 N–H and O–H groups in total. The molecule has 4 rings (SSSR count). The summed E-state index contributed by atoms with van der Waals surface area (Å²) in [6, 6.07) is 15.1. The van der Waals surface area contributed by atoms with Crippen LogP contribution in [0.2, 0.25) is 0 Å². The Kier molecular flexibility index (Phi) is 6.45. The molecule has 0 bridgehead atoms. The van der Waals surface area contributed by atoms with E-state index in [9.17, 15) is 9.50 Å². The monoisotopic (exact) mass is 409 g/mol. The lowest BCUT2D eigenvalue weighted by Crippen LogP contribution is -2.39. The number of likely N-dealkylation sites (tertiary alicyclic amines) is 1. The topological polar surface area (TPSA) is 50.5 Å². The highest BCUT2D eigenvalue weighted by Gasteiger charge is 2.25. The standard InChI is InChI=1S/C24H28FN3O2/c1-30-21-10-11-22(23(25)15-21)24-18(16-27-13-6-5-7-19(27)12-14-29)17-28(26-24)20-8-3-2-4-9-20/h2-4,8-11,15,17,19,29H,5-7,12-14,16H2,1H3/t19-/m1/s1. The summed E-state index contributed by atoms with van der Waals surface area (Å²) >= 11 is 0. The van der Waals surface area contributed by atoms with E-state index >= 15 is 0 Å². The molecule has 1 aromatic heterocycles. The fourth-order valence-electron chi connectivity index (χ4n) is 4.24. The third kappa shape index (κ3) is 4.40. The first-order valence-corrected chi connectivity index (χ1v) is 10.5. The maximum absolute atomic E-state index is 14.9. The number of ether oxygens (including phenoxy) is 1. The van der Waals surface area contributed by atoms with Gasteiger partial charge in [-0.2, -0.15) is 5.10 Å². The van der Waals surface area contributed by atoms with Crippen LogP contribution in [0.25, 0.3) is 16.9 Å². The zero-order valence-corrected chi connectivity index (χ0v) is 17.3. The number of hydrogen-bond acceptors (Lipinski definition) is 4. The van der Waals surface area contributed by atoms with Crippen LogP contribution < -0.4 is 4.74 Å². The van der Waals surface area contributed by atoms with Crippen molar-refractivity contribution >= 4 is 0 Å². The smallest absolute Gasteiger partial charge is 0.136 e. The van der Waals surface area contributed by atoms with Crippen molar-refractivity contribution in [1.29, 1.82) is 0 Å². The predicted octanol–water partition coefficient (Wildman–Crippen LogP) is 4.42. The first-order chi connectivity index (χ1) is 14.7. The molecule has 2 aromatic carbocycles. The summed E-state index contributed by atoms with van der Waals surface area (Å²) < 4.78 is 21.9. The lowest BCUT2D eigenvalue weighted by Gasteiger charge is -2.35. The molecule has 1 fully saturated rings. The number of nitrogens with zero attached hydrogens (tertiary/aromatic N) is 3. The second-order valence-electron chi connectivity index (χ2n) is 7.76. The van der Waals surface area contributed by atoms with Gasteiger partial charge in [-0.05, 0) is 50.1 Å². The van der Waals surface area contributed by atoms with Gasteiger partial charge in [0.05, 0.1) is 12.8 Å². The van der Waals surface area contributed by atoms with E-state index in [4.69, 9.17) is 9.84 Å². The van der Waals surface area contributed by atoms with Crippen molar-refractivity contribution < 1.29 is 14.2 Å². The highest BCUT2D eigenvalue weighted by molar-refractivity contribution is 5.65. The lowest BCUT2D eigenvalue weighted by molar-refractivity contribution is 0.112. The van der Waals surface area contributed by atoms with Crippen molar-refractivity contribution in [2.75, 3.05) is 20.3 Å². The van der Waals surface area contributed by atoms with Gasteiger partial charge < -0.3 is 9.84 Å². The van der Waals surface area contributed by atoms with Crippen LogP contribution >= 0.6 is 0 Å². The normalized spacial score (nSPS) is 17.2. The first-order valence-electron chi connectivity index (χ1n) is 10.5. The van der Waals surface area contributed by atoms with Gasteiger partial charge in [0, 0.05) is 42.6 Å². The fourth-order valence-corrected chi connectivity index (χ4v) is 4.24. The Morgan fingerprint density at radius 2 is 2.00 bits per heavy atom. The van der Waals surface area contributed by atoms with E-state index in [0.717, 1.165) is 37.1 Å². The average molecular weight is 410 g/mol. The van der Waals surface area contributed by atoms with Crippen LogP contribution in [-0.2, 0) is 6.54 Å². The summed E-state index contributed by atoms with van der Waals surface area (Å²) in [5.74, 6) is 0.138. The average Bonchev–Trinajstić information content (AvgIpc) is 3.19. The summed E-state index contributed by atoms with van der Waals surface area (Å²) in [6.07, 6.45) is 6.17. The van der Waals surface area contributed by atoms with E-state index in [1.807, 2.05) is 41.2 Å². The molecule has 0 amide bonds. The van der Waals surface area contributed by atoms with Crippen molar-refractivity contribution in [3.8, 4) is 22.7 Å². The number of halogens is 1. The number of aliphatic hydroxyl groups excluding tert-OH is 1. The molecule has 1 atom stereocenters. The summed E-state index contributed by atoms with van der Waals surface area (Å²) in [6.45, 7) is 1.84. The molecule has 2 heterocycles. The van der Waals surface area contributed by atoms with Crippen molar-refractivity contribution in [2.45, 2.75) is 38.3 Å². The van der Waals surface area contributed by atoms with Gasteiger partial charge in [0.2, 0.25) is 0 Å². The SMILES string of the molecule is COc1ccc(-c2nn(-c3ccccc3)cc2CN2CCCC[C@@H]2CCO)c(F)c1. The van der Waals surface area contributed by atoms with Gasteiger partial charge in [0.1, 0.15) is 17.3 Å². The molecule has 3 aromatic rings. The zero-order valence-electron chi connectivity index (χ0n) is 17.3. The zero-order chi connectivity index (χ0) is 20.9. The third-order valence-electron chi connectivity index (χ3n) is 5.83. The molecule has 0 radical (unpaired) electrons. The quantitative estimate of drug-likeness (QED) is 0.627. The predicted molar refractivity (Wildman–Crippen MR) is 115 cm³/mol. The maximum Gasteiger partial charge on any atom is 0.136 e. The van der Waals surface area contributed by atoms with E-state index in [-0.39, 0.29) is 12.4 Å². The summed E-state index contributed by atoms with van der Waals surface area (Å²) in [4.78, 5) is 2.40. The minimum atomic E-state index is -0.348. The molecule has 0 unspecified atom stereocenters. The van der Waals surface area contributed by atoms with Gasteiger partial charge in [-0.3, -0.25) is 4.90 Å². The highest BCUT2D eigenvalue weighted by atomic mass is 19.1. The molecule has 1 saturated heterocycles. The fraction of sp³-hybridized carbons (Fsp3) is 0.375. The van der Waals surface area contributed by atoms with E-state index < -0.39 is 0 Å². The van der Waals surface area contributed by atoms with Crippen molar-refractivity contribution in [3.63, 3.8) is 0 Å². The van der Waals surface area contributed by atoms with Crippen molar-refractivity contribution in [2.24, 2.45) is 0 Å². The van der Waals surface area contributed by atoms with Gasteiger partial charge in [0.25, 0.3) is 0 Å². The summed E-state index contributed by atoms with van der Waals surface area (Å²) in [5.41, 5.74) is 3.03. The van der Waals surface area contributed by atoms with E-state index in [2.05, 4.69) is 4.90 Å². The number of benzene rings is 2. The number of rotatable bonds is 7. The Morgan fingerprint density at radius 3 is 2.73 bits per heavy atom. The molecular weight excluding hydrogens is 381 g/mol. The summed E-state index contributed by atoms with van der Waals surface area (Å²) in [7, 11) is 1.53. The van der Waals surface area contributed by atoms with Crippen LogP contribution in [0, 0.1) is 5.82 Å². The second-order valence-corrected chi connectivity index (χ2v) is 7.76. The molecule has 0 spiro atoms. The van der Waals surface area contributed by atoms with E-state index in [1.54, 1.807) is 12.1 Å². The Balaban J connectivity index is 1.73. The van der Waals surface area contributed by atoms with Crippen LogP contribution in [0.4, 0.5) is 4.39 Å². The van der Waals surface area contributed by atoms with Gasteiger partial charge in [-0.25, -0.2) is 9.07 Å². The van der Waals surface area contributed by atoms with E-state index in [1.165, 1.54) is 19.6 Å². The number of piperidine rings is 1. The Hall–Kier alpha value is -2.70. The van der Waals surface area contributed by atoms with Gasteiger partial charge >= 0.3 is 0 Å². The number of aromatic nitrogens is 2. The van der Waals surface area contributed by atoms with Gasteiger partial charge in [0.15, 0.2) is 0 Å². The maximum atomic E-state index is 14.9. The molecule has 6 heteroatoms. The van der Waals surface area contributed by atoms with Crippen LogP contribution in [0.3, 0.4) is 0 Å². The number of hydrogen-bond donors (Lipinski definition) is 1. The molecule has 158 valence electrons. The molecule has 1 aliphatic heterocycles. The van der Waals surface area contributed by atoms with Gasteiger partial charge in [-0.15, -0.1) is 0 Å². The summed E-state index contributed by atoms with van der Waals surface area (Å²) in [5, 5.41) is 14.2. The molecule has 30 heavy (non-hydrogen) atoms. The first kappa shape index (κ1) is 20.6. The van der Waals surface area contributed by atoms with Crippen LogP contribution in [0.15, 0.2) is 54.7 Å². The van der Waals surface area contributed by atoms with Crippen LogP contribution in [0.1, 0.15) is 31.2 Å². The number of aliphatic hydroxyl groups is 1. The molecule has 0 saturated carbocycles. The third-order valence-corrected chi connectivity index (χ3v) is 5.83. The Morgan fingerprint density at radius 1 is 1.17 bits per heavy atom.